The molecule has 1 aliphatic rings. The molecular formula is C10H14N4O2. The first-order chi connectivity index (χ1) is 7.56. The van der Waals surface area contributed by atoms with E-state index in [2.05, 4.69) is 10.5 Å². The van der Waals surface area contributed by atoms with Crippen LogP contribution in [0.15, 0.2) is 5.10 Å². The minimum absolute atomic E-state index is 0.0312. The van der Waals surface area contributed by atoms with Crippen molar-refractivity contribution in [3.8, 4) is 6.07 Å². The number of nitriles is 1. The molecule has 2 amide bonds. The second kappa shape index (κ2) is 5.26. The van der Waals surface area contributed by atoms with Gasteiger partial charge in [-0.3, -0.25) is 9.59 Å². The quantitative estimate of drug-likeness (QED) is 0.682. The number of hydrogen-bond donors (Lipinski definition) is 1. The Bertz CT molecular complexity index is 368. The highest BCUT2D eigenvalue weighted by molar-refractivity contribution is 6.39. The summed E-state index contributed by atoms with van der Waals surface area (Å²) in [5.74, 6) is -0.468. The van der Waals surface area contributed by atoms with Crippen LogP contribution in [0.5, 0.6) is 0 Å². The van der Waals surface area contributed by atoms with Crippen molar-refractivity contribution in [2.45, 2.75) is 32.7 Å². The first kappa shape index (κ1) is 12.2. The summed E-state index contributed by atoms with van der Waals surface area (Å²) in [7, 11) is 0. The van der Waals surface area contributed by atoms with E-state index >= 15 is 0 Å². The number of nitrogens with one attached hydrogen (secondary N) is 1. The van der Waals surface area contributed by atoms with Gasteiger partial charge in [0.1, 0.15) is 12.3 Å². The number of amides is 2. The number of nitrogens with zero attached hydrogens (tertiary/aromatic N) is 3. The smallest absolute Gasteiger partial charge is 0.271 e. The number of rotatable bonds is 3. The molecule has 6 nitrogen and oxygen atoms in total. The van der Waals surface area contributed by atoms with Crippen molar-refractivity contribution in [2.24, 2.45) is 5.10 Å². The monoisotopic (exact) mass is 222 g/mol. The molecule has 0 saturated heterocycles. The van der Waals surface area contributed by atoms with E-state index in [9.17, 15) is 9.59 Å². The van der Waals surface area contributed by atoms with Gasteiger partial charge in [-0.2, -0.15) is 10.4 Å². The molecular weight excluding hydrogens is 208 g/mol. The van der Waals surface area contributed by atoms with Crippen molar-refractivity contribution in [2.75, 3.05) is 6.54 Å². The Hall–Kier alpha value is -1.90. The van der Waals surface area contributed by atoms with Crippen molar-refractivity contribution >= 4 is 17.5 Å². The Morgan fingerprint density at radius 2 is 2.31 bits per heavy atom. The fraction of sp³-hybridized carbons (Fsp3) is 0.600. The molecule has 1 rings (SSSR count). The van der Waals surface area contributed by atoms with E-state index in [0.717, 1.165) is 0 Å². The van der Waals surface area contributed by atoms with Crippen molar-refractivity contribution in [1.82, 2.24) is 10.3 Å². The summed E-state index contributed by atoms with van der Waals surface area (Å²) in [6.45, 7) is 3.69. The molecule has 6 heteroatoms. The van der Waals surface area contributed by atoms with Crippen LogP contribution in [0.2, 0.25) is 0 Å². The molecule has 1 heterocycles. The minimum atomic E-state index is -0.281. The maximum Gasteiger partial charge on any atom is 0.271 e. The van der Waals surface area contributed by atoms with E-state index in [1.165, 1.54) is 4.90 Å². The van der Waals surface area contributed by atoms with E-state index in [0.29, 0.717) is 12.1 Å². The Morgan fingerprint density at radius 3 is 2.75 bits per heavy atom. The molecule has 0 atom stereocenters. The summed E-state index contributed by atoms with van der Waals surface area (Å²) in [5, 5.41) is 12.3. The van der Waals surface area contributed by atoms with Crippen molar-refractivity contribution in [3.63, 3.8) is 0 Å². The highest BCUT2D eigenvalue weighted by atomic mass is 16.2. The lowest BCUT2D eigenvalue weighted by molar-refractivity contribution is -0.125. The molecule has 0 spiro atoms. The van der Waals surface area contributed by atoms with Gasteiger partial charge in [0.15, 0.2) is 0 Å². The van der Waals surface area contributed by atoms with Gasteiger partial charge in [-0.05, 0) is 13.8 Å². The van der Waals surface area contributed by atoms with Gasteiger partial charge < -0.3 is 4.90 Å². The van der Waals surface area contributed by atoms with Gasteiger partial charge in [-0.25, -0.2) is 5.43 Å². The average molecular weight is 222 g/mol. The molecule has 16 heavy (non-hydrogen) atoms. The third kappa shape index (κ3) is 2.79. The van der Waals surface area contributed by atoms with Crippen molar-refractivity contribution < 1.29 is 9.59 Å². The molecule has 0 aromatic heterocycles. The molecule has 0 unspecified atom stereocenters. The Kier molecular flexibility index (Phi) is 4.00. The molecule has 0 aliphatic carbocycles. The second-order valence-electron chi connectivity index (χ2n) is 3.78. The van der Waals surface area contributed by atoms with Gasteiger partial charge in [0.25, 0.3) is 5.91 Å². The van der Waals surface area contributed by atoms with E-state index in [-0.39, 0.29) is 30.8 Å². The molecule has 0 radical (unpaired) electrons. The highest BCUT2D eigenvalue weighted by Crippen LogP contribution is 2.06. The maximum absolute atomic E-state index is 11.9. The summed E-state index contributed by atoms with van der Waals surface area (Å²) >= 11 is 0. The van der Waals surface area contributed by atoms with Crippen LogP contribution in [0.25, 0.3) is 0 Å². The lowest BCUT2D eigenvalue weighted by Gasteiger charge is -2.25. The summed E-state index contributed by atoms with van der Waals surface area (Å²) in [6, 6.07) is 1.88. The summed E-state index contributed by atoms with van der Waals surface area (Å²) in [5.41, 5.74) is 2.58. The first-order valence-electron chi connectivity index (χ1n) is 5.09. The van der Waals surface area contributed by atoms with Gasteiger partial charge in [0, 0.05) is 18.9 Å². The Morgan fingerprint density at radius 1 is 1.62 bits per heavy atom. The normalized spacial score (nSPS) is 15.1. The standard InChI is InChI=1S/C10H14N4O2/c1-7(2)14(6-5-11)10(16)8-3-4-9(15)13-12-8/h7H,3-4,6H2,1-2H3,(H,13,15). The van der Waals surface area contributed by atoms with Crippen molar-refractivity contribution in [3.05, 3.63) is 0 Å². The largest absolute Gasteiger partial charge is 0.322 e. The van der Waals surface area contributed by atoms with Crippen LogP contribution in [0.1, 0.15) is 26.7 Å². The van der Waals surface area contributed by atoms with E-state index in [4.69, 9.17) is 5.26 Å². The Balaban J connectivity index is 2.76. The third-order valence-electron chi connectivity index (χ3n) is 2.28. The van der Waals surface area contributed by atoms with Crippen LogP contribution >= 0.6 is 0 Å². The fourth-order valence-electron chi connectivity index (χ4n) is 1.36. The zero-order valence-corrected chi connectivity index (χ0v) is 9.36. The van der Waals surface area contributed by atoms with Crippen molar-refractivity contribution in [1.29, 1.82) is 5.26 Å². The number of hydrazone groups is 1. The molecule has 0 saturated carbocycles. The number of carbonyl (C=O) groups is 2. The fourth-order valence-corrected chi connectivity index (χ4v) is 1.36. The highest BCUT2D eigenvalue weighted by Gasteiger charge is 2.24. The SMILES string of the molecule is CC(C)N(CC#N)C(=O)C1=NNC(=O)CC1. The number of hydrogen-bond acceptors (Lipinski definition) is 4. The third-order valence-corrected chi connectivity index (χ3v) is 2.28. The average Bonchev–Trinajstić information content (AvgIpc) is 2.25. The lowest BCUT2D eigenvalue weighted by atomic mass is 10.1. The van der Waals surface area contributed by atoms with Crippen LogP contribution in [-0.4, -0.2) is 35.0 Å². The van der Waals surface area contributed by atoms with Crippen LogP contribution in [0, 0.1) is 11.3 Å². The maximum atomic E-state index is 11.9. The van der Waals surface area contributed by atoms with E-state index < -0.39 is 0 Å². The summed E-state index contributed by atoms with van der Waals surface area (Å²) in [4.78, 5) is 24.2. The van der Waals surface area contributed by atoms with Gasteiger partial charge >= 0.3 is 0 Å². The summed E-state index contributed by atoms with van der Waals surface area (Å²) < 4.78 is 0. The zero-order chi connectivity index (χ0) is 12.1. The first-order valence-corrected chi connectivity index (χ1v) is 5.09. The van der Waals surface area contributed by atoms with Crippen LogP contribution in [-0.2, 0) is 9.59 Å². The van der Waals surface area contributed by atoms with Gasteiger partial charge in [-0.1, -0.05) is 0 Å². The predicted molar refractivity (Wildman–Crippen MR) is 57.3 cm³/mol. The van der Waals surface area contributed by atoms with E-state index in [1.54, 1.807) is 0 Å². The van der Waals surface area contributed by atoms with Crippen LogP contribution < -0.4 is 5.43 Å². The number of carbonyl (C=O) groups excluding carboxylic acids is 2. The zero-order valence-electron chi connectivity index (χ0n) is 9.36. The molecule has 1 N–H and O–H groups in total. The van der Waals surface area contributed by atoms with Gasteiger partial charge in [0.2, 0.25) is 5.91 Å². The van der Waals surface area contributed by atoms with Crippen LogP contribution in [0.3, 0.4) is 0 Å². The molecule has 0 bridgehead atoms. The van der Waals surface area contributed by atoms with Gasteiger partial charge in [0.05, 0.1) is 6.07 Å². The molecule has 0 aromatic carbocycles. The second-order valence-corrected chi connectivity index (χ2v) is 3.78. The molecule has 1 aliphatic heterocycles. The summed E-state index contributed by atoms with van der Waals surface area (Å²) in [6.07, 6.45) is 0.600. The molecule has 0 fully saturated rings. The molecule has 0 aromatic rings. The van der Waals surface area contributed by atoms with E-state index in [1.807, 2.05) is 19.9 Å². The predicted octanol–water partition coefficient (Wildman–Crippen LogP) is 0.0130. The van der Waals surface area contributed by atoms with Gasteiger partial charge in [-0.15, -0.1) is 0 Å². The topological polar surface area (TPSA) is 85.6 Å². The molecule has 86 valence electrons. The Labute approximate surface area is 93.9 Å². The minimum Gasteiger partial charge on any atom is -0.322 e. The van der Waals surface area contributed by atoms with Crippen LogP contribution in [0.4, 0.5) is 0 Å². The lowest BCUT2D eigenvalue weighted by Crippen LogP contribution is -2.43.